The second-order valence-electron chi connectivity index (χ2n) is 6.16. The van der Waals surface area contributed by atoms with Gasteiger partial charge in [0.25, 0.3) is 0 Å². The van der Waals surface area contributed by atoms with Gasteiger partial charge in [-0.25, -0.2) is 0 Å². The van der Waals surface area contributed by atoms with Crippen molar-refractivity contribution >= 4 is 0 Å². The van der Waals surface area contributed by atoms with Gasteiger partial charge in [0.15, 0.2) is 0 Å². The fourth-order valence-electron chi connectivity index (χ4n) is 2.60. The predicted octanol–water partition coefficient (Wildman–Crippen LogP) is 2.10. The van der Waals surface area contributed by atoms with Crippen LogP contribution in [0.15, 0.2) is 0 Å². The van der Waals surface area contributed by atoms with Gasteiger partial charge in [-0.1, -0.05) is 13.8 Å². The van der Waals surface area contributed by atoms with Gasteiger partial charge in [-0.15, -0.1) is 0 Å². The quantitative estimate of drug-likeness (QED) is 0.632. The Labute approximate surface area is 117 Å². The van der Waals surface area contributed by atoms with Gasteiger partial charge in [-0.05, 0) is 39.0 Å². The van der Waals surface area contributed by atoms with Crippen molar-refractivity contribution in [3.63, 3.8) is 0 Å². The molecule has 0 saturated carbocycles. The third-order valence-corrected chi connectivity index (χ3v) is 3.63. The number of ether oxygens (including phenoxy) is 2. The first-order valence-electron chi connectivity index (χ1n) is 7.63. The van der Waals surface area contributed by atoms with Crippen LogP contribution in [0.3, 0.4) is 0 Å². The zero-order valence-electron chi connectivity index (χ0n) is 12.8. The lowest BCUT2D eigenvalue weighted by Crippen LogP contribution is -2.49. The molecule has 2 N–H and O–H groups in total. The van der Waals surface area contributed by atoms with Crippen molar-refractivity contribution in [2.75, 3.05) is 26.4 Å². The zero-order chi connectivity index (χ0) is 14.1. The Bertz CT molecular complexity index is 229. The van der Waals surface area contributed by atoms with Crippen LogP contribution in [-0.2, 0) is 9.47 Å². The average molecular weight is 273 g/mol. The van der Waals surface area contributed by atoms with Crippen LogP contribution in [-0.4, -0.2) is 49.2 Å². The van der Waals surface area contributed by atoms with Gasteiger partial charge in [-0.3, -0.25) is 0 Å². The van der Waals surface area contributed by atoms with Crippen LogP contribution in [0, 0.1) is 0 Å². The van der Waals surface area contributed by atoms with Gasteiger partial charge in [0.2, 0.25) is 0 Å². The van der Waals surface area contributed by atoms with Gasteiger partial charge in [-0.2, -0.15) is 0 Å². The molecule has 1 fully saturated rings. The van der Waals surface area contributed by atoms with Crippen LogP contribution in [0.5, 0.6) is 0 Å². The van der Waals surface area contributed by atoms with Crippen molar-refractivity contribution in [3.8, 4) is 0 Å². The van der Waals surface area contributed by atoms with Crippen LogP contribution in [0.2, 0.25) is 0 Å². The molecular formula is C15H31NO3. The van der Waals surface area contributed by atoms with Crippen molar-refractivity contribution in [1.82, 2.24) is 5.32 Å². The molecule has 1 atom stereocenters. The normalized spacial score (nSPS) is 20.7. The lowest BCUT2D eigenvalue weighted by molar-refractivity contribution is -0.0331. The summed E-state index contributed by atoms with van der Waals surface area (Å²) in [4.78, 5) is 0. The van der Waals surface area contributed by atoms with Crippen molar-refractivity contribution in [1.29, 1.82) is 0 Å². The highest BCUT2D eigenvalue weighted by molar-refractivity contribution is 4.83. The maximum atomic E-state index is 9.49. The molecular weight excluding hydrogens is 242 g/mol. The Balaban J connectivity index is 2.08. The second kappa shape index (κ2) is 8.90. The molecule has 1 unspecified atom stereocenters. The van der Waals surface area contributed by atoms with Crippen LogP contribution in [0.1, 0.15) is 52.9 Å². The Morgan fingerprint density at radius 3 is 2.58 bits per heavy atom. The first kappa shape index (κ1) is 16.9. The van der Waals surface area contributed by atoms with Crippen LogP contribution in [0.4, 0.5) is 0 Å². The van der Waals surface area contributed by atoms with Crippen LogP contribution in [0.25, 0.3) is 0 Å². The Morgan fingerprint density at radius 1 is 1.32 bits per heavy atom. The summed E-state index contributed by atoms with van der Waals surface area (Å²) >= 11 is 0. The lowest BCUT2D eigenvalue weighted by atomic mass is 9.95. The van der Waals surface area contributed by atoms with E-state index in [0.717, 1.165) is 51.9 Å². The fourth-order valence-corrected chi connectivity index (χ4v) is 2.60. The molecule has 114 valence electrons. The minimum Gasteiger partial charge on any atom is -0.394 e. The molecule has 0 spiro atoms. The molecule has 0 aromatic rings. The largest absolute Gasteiger partial charge is 0.394 e. The highest BCUT2D eigenvalue weighted by Gasteiger charge is 2.23. The molecule has 0 bridgehead atoms. The topological polar surface area (TPSA) is 50.7 Å². The molecule has 1 aliphatic rings. The summed E-state index contributed by atoms with van der Waals surface area (Å²) in [6.07, 6.45) is 5.59. The summed E-state index contributed by atoms with van der Waals surface area (Å²) in [5.41, 5.74) is -0.160. The molecule has 0 radical (unpaired) electrons. The summed E-state index contributed by atoms with van der Waals surface area (Å²) in [5.74, 6) is 0. The van der Waals surface area contributed by atoms with E-state index >= 15 is 0 Å². The van der Waals surface area contributed by atoms with Gasteiger partial charge < -0.3 is 19.9 Å². The zero-order valence-corrected chi connectivity index (χ0v) is 12.8. The van der Waals surface area contributed by atoms with Gasteiger partial charge >= 0.3 is 0 Å². The molecule has 4 nitrogen and oxygen atoms in total. The van der Waals surface area contributed by atoms with Gasteiger partial charge in [0.05, 0.1) is 12.7 Å². The second-order valence-corrected chi connectivity index (χ2v) is 6.16. The summed E-state index contributed by atoms with van der Waals surface area (Å²) < 4.78 is 11.2. The maximum absolute atomic E-state index is 9.49. The lowest BCUT2D eigenvalue weighted by Gasteiger charge is -2.31. The van der Waals surface area contributed by atoms with E-state index in [1.54, 1.807) is 0 Å². The Morgan fingerprint density at radius 2 is 2.00 bits per heavy atom. The van der Waals surface area contributed by atoms with E-state index < -0.39 is 0 Å². The molecule has 0 aliphatic carbocycles. The van der Waals surface area contributed by atoms with E-state index in [1.165, 1.54) is 0 Å². The number of unbranched alkanes of at least 4 members (excludes halogenated alkanes) is 1. The van der Waals surface area contributed by atoms with Crippen molar-refractivity contribution in [2.24, 2.45) is 0 Å². The number of hydrogen-bond donors (Lipinski definition) is 2. The summed E-state index contributed by atoms with van der Waals surface area (Å²) in [6, 6.07) is 0.399. The molecule has 0 aromatic heterocycles. The monoisotopic (exact) mass is 273 g/mol. The van der Waals surface area contributed by atoms with Crippen LogP contribution < -0.4 is 5.32 Å². The summed E-state index contributed by atoms with van der Waals surface area (Å²) in [5, 5.41) is 12.9. The van der Waals surface area contributed by atoms with E-state index in [1.807, 2.05) is 0 Å². The summed E-state index contributed by atoms with van der Waals surface area (Å²) in [7, 11) is 0. The molecule has 1 heterocycles. The van der Waals surface area contributed by atoms with E-state index in [0.29, 0.717) is 12.1 Å². The summed E-state index contributed by atoms with van der Waals surface area (Å²) in [6.45, 7) is 9.01. The molecule has 0 amide bonds. The highest BCUT2D eigenvalue weighted by atomic mass is 16.5. The minimum atomic E-state index is -0.160. The highest BCUT2D eigenvalue weighted by Crippen LogP contribution is 2.16. The smallest absolute Gasteiger partial charge is 0.0619 e. The first-order chi connectivity index (χ1) is 9.06. The maximum Gasteiger partial charge on any atom is 0.0619 e. The van der Waals surface area contributed by atoms with Crippen molar-refractivity contribution in [2.45, 2.75) is 70.6 Å². The van der Waals surface area contributed by atoms with Crippen molar-refractivity contribution < 1.29 is 14.6 Å². The third kappa shape index (κ3) is 7.25. The number of aliphatic hydroxyl groups is 1. The number of rotatable bonds is 9. The molecule has 1 aliphatic heterocycles. The Kier molecular flexibility index (Phi) is 7.91. The first-order valence-corrected chi connectivity index (χ1v) is 7.63. The third-order valence-electron chi connectivity index (χ3n) is 3.63. The molecule has 1 saturated heterocycles. The number of nitrogens with one attached hydrogen (secondary N) is 1. The number of hydrogen-bond acceptors (Lipinski definition) is 4. The van der Waals surface area contributed by atoms with Crippen LogP contribution >= 0.6 is 0 Å². The van der Waals surface area contributed by atoms with E-state index in [4.69, 9.17) is 9.47 Å². The minimum absolute atomic E-state index is 0.160. The van der Waals surface area contributed by atoms with E-state index in [9.17, 15) is 5.11 Å². The van der Waals surface area contributed by atoms with Gasteiger partial charge in [0, 0.05) is 31.4 Å². The Hall–Kier alpha value is -0.160. The molecule has 19 heavy (non-hydrogen) atoms. The molecule has 4 heteroatoms. The average Bonchev–Trinajstić information content (AvgIpc) is 2.39. The standard InChI is InChI=1S/C15H31NO3/c1-13(2)16-15(3,12-17)8-4-5-9-19-14-6-10-18-11-7-14/h13-14,16-17H,4-12H2,1-3H3. The number of aliphatic hydroxyl groups excluding tert-OH is 1. The molecule has 1 rings (SSSR count). The fraction of sp³-hybridized carbons (Fsp3) is 1.00. The van der Waals surface area contributed by atoms with Crippen molar-refractivity contribution in [3.05, 3.63) is 0 Å². The predicted molar refractivity (Wildman–Crippen MR) is 77.4 cm³/mol. The van der Waals surface area contributed by atoms with Gasteiger partial charge in [0.1, 0.15) is 0 Å². The SMILES string of the molecule is CC(C)NC(C)(CO)CCCCOC1CCOCC1. The van der Waals surface area contributed by atoms with E-state index in [-0.39, 0.29) is 12.1 Å². The molecule has 0 aromatic carbocycles. The van der Waals surface area contributed by atoms with E-state index in [2.05, 4.69) is 26.1 Å².